The average molecular weight is 371 g/mol. The summed E-state index contributed by atoms with van der Waals surface area (Å²) in [7, 11) is 0. The van der Waals surface area contributed by atoms with Gasteiger partial charge in [0.05, 0.1) is 6.42 Å². The molecule has 0 spiro atoms. The Balaban J connectivity index is 1.69. The molecule has 1 saturated heterocycles. The highest BCUT2D eigenvalue weighted by Gasteiger charge is 2.23. The van der Waals surface area contributed by atoms with Crippen LogP contribution in [0.15, 0.2) is 24.3 Å². The molecule has 1 atom stereocenters. The normalized spacial score (nSPS) is 15.2. The van der Waals surface area contributed by atoms with Crippen LogP contribution in [0.4, 0.5) is 4.79 Å². The molecule has 1 fully saturated rings. The first kappa shape index (κ1) is 18.6. The zero-order chi connectivity index (χ0) is 17.5. The molecule has 0 bridgehead atoms. The Hall–Kier alpha value is -1.73. The molecule has 0 saturated carbocycles. The van der Waals surface area contributed by atoms with E-state index in [1.54, 1.807) is 17.0 Å². The van der Waals surface area contributed by atoms with Gasteiger partial charge in [-0.2, -0.15) is 0 Å². The lowest BCUT2D eigenvalue weighted by Crippen LogP contribution is -2.36. The number of benzene rings is 1. The van der Waals surface area contributed by atoms with Crippen LogP contribution in [0.1, 0.15) is 18.9 Å². The van der Waals surface area contributed by atoms with Gasteiger partial charge in [-0.1, -0.05) is 35.5 Å². The van der Waals surface area contributed by atoms with E-state index in [4.69, 9.17) is 16.3 Å². The van der Waals surface area contributed by atoms with Gasteiger partial charge in [-0.25, -0.2) is 0 Å². The quantitative estimate of drug-likeness (QED) is 0.746. The van der Waals surface area contributed by atoms with Crippen LogP contribution in [0, 0.1) is 0 Å². The molecular weight excluding hydrogens is 352 g/mol. The first-order chi connectivity index (χ1) is 11.5. The summed E-state index contributed by atoms with van der Waals surface area (Å²) >= 11 is 7.04. The first-order valence-corrected chi connectivity index (χ1v) is 8.95. The molecule has 0 aliphatic carbocycles. The van der Waals surface area contributed by atoms with Gasteiger partial charge in [-0.05, 0) is 24.6 Å². The minimum atomic E-state index is -0.881. The maximum absolute atomic E-state index is 11.9. The Morgan fingerprint density at radius 2 is 2.08 bits per heavy atom. The Kier molecular flexibility index (Phi) is 6.93. The van der Waals surface area contributed by atoms with Crippen LogP contribution in [-0.2, 0) is 20.9 Å². The summed E-state index contributed by atoms with van der Waals surface area (Å²) in [6.45, 7) is 2.82. The highest BCUT2D eigenvalue weighted by molar-refractivity contribution is 8.13. The van der Waals surface area contributed by atoms with E-state index in [1.807, 2.05) is 12.1 Å². The van der Waals surface area contributed by atoms with Crippen LogP contribution < -0.4 is 5.32 Å². The summed E-state index contributed by atoms with van der Waals surface area (Å²) in [6.07, 6.45) is -0.797. The molecule has 0 aromatic heterocycles. The molecule has 8 heteroatoms. The predicted octanol–water partition coefficient (Wildman–Crippen LogP) is 2.45. The third kappa shape index (κ3) is 5.72. The molecule has 1 aromatic carbocycles. The number of hydrogen-bond acceptors (Lipinski definition) is 5. The van der Waals surface area contributed by atoms with E-state index >= 15 is 0 Å². The number of esters is 1. The maximum atomic E-state index is 11.9. The summed E-state index contributed by atoms with van der Waals surface area (Å²) < 4.78 is 5.10. The standard InChI is InChI=1S/C16H19ClN2O4S/c1-11(15(21)18-10-12-2-4-13(17)5-3-12)23-14(20)6-7-19-8-9-24-16(19)22/h2-5,11H,6-10H2,1H3,(H,18,21). The van der Waals surface area contributed by atoms with Gasteiger partial charge in [0.15, 0.2) is 6.10 Å². The van der Waals surface area contributed by atoms with E-state index in [9.17, 15) is 14.4 Å². The van der Waals surface area contributed by atoms with Gasteiger partial charge in [0.25, 0.3) is 11.1 Å². The molecule has 2 rings (SSSR count). The van der Waals surface area contributed by atoms with E-state index in [1.165, 1.54) is 18.7 Å². The van der Waals surface area contributed by atoms with E-state index in [0.717, 1.165) is 11.3 Å². The van der Waals surface area contributed by atoms with E-state index < -0.39 is 12.1 Å². The number of carbonyl (C=O) groups is 3. The van der Waals surface area contributed by atoms with Crippen molar-refractivity contribution in [3.8, 4) is 0 Å². The summed E-state index contributed by atoms with van der Waals surface area (Å²) in [6, 6.07) is 7.10. The second-order valence-corrected chi connectivity index (χ2v) is 6.81. The fourth-order valence-corrected chi connectivity index (χ4v) is 3.08. The largest absolute Gasteiger partial charge is 0.452 e. The van der Waals surface area contributed by atoms with Crippen molar-refractivity contribution < 1.29 is 19.1 Å². The van der Waals surface area contributed by atoms with Crippen molar-refractivity contribution in [1.29, 1.82) is 0 Å². The van der Waals surface area contributed by atoms with E-state index in [-0.39, 0.29) is 17.6 Å². The number of hydrogen-bond donors (Lipinski definition) is 1. The third-order valence-electron chi connectivity index (χ3n) is 3.49. The monoisotopic (exact) mass is 370 g/mol. The molecule has 0 radical (unpaired) electrons. The predicted molar refractivity (Wildman–Crippen MR) is 92.9 cm³/mol. The van der Waals surface area contributed by atoms with Crippen LogP contribution in [0.25, 0.3) is 0 Å². The number of ether oxygens (including phenoxy) is 1. The Labute approximate surface area is 149 Å². The lowest BCUT2D eigenvalue weighted by molar-refractivity contribution is -0.155. The molecule has 1 aliphatic heterocycles. The molecule has 2 amide bonds. The number of rotatable bonds is 7. The number of carbonyl (C=O) groups excluding carboxylic acids is 3. The van der Waals surface area contributed by atoms with Crippen molar-refractivity contribution in [2.45, 2.75) is 26.0 Å². The highest BCUT2D eigenvalue weighted by atomic mass is 35.5. The highest BCUT2D eigenvalue weighted by Crippen LogP contribution is 2.17. The molecule has 1 heterocycles. The van der Waals surface area contributed by atoms with Gasteiger partial charge in [-0.3, -0.25) is 14.4 Å². The van der Waals surface area contributed by atoms with Gasteiger partial charge in [0.2, 0.25) is 0 Å². The SMILES string of the molecule is CC(OC(=O)CCN1CCSC1=O)C(=O)NCc1ccc(Cl)cc1. The van der Waals surface area contributed by atoms with Gasteiger partial charge in [0.1, 0.15) is 0 Å². The zero-order valence-corrected chi connectivity index (χ0v) is 14.9. The number of nitrogens with one attached hydrogen (secondary N) is 1. The van der Waals surface area contributed by atoms with Crippen LogP contribution in [0.5, 0.6) is 0 Å². The van der Waals surface area contributed by atoms with Crippen LogP contribution in [0.3, 0.4) is 0 Å². The van der Waals surface area contributed by atoms with Gasteiger partial charge in [-0.15, -0.1) is 0 Å². The van der Waals surface area contributed by atoms with Gasteiger partial charge >= 0.3 is 5.97 Å². The maximum Gasteiger partial charge on any atom is 0.308 e. The fourth-order valence-electron chi connectivity index (χ4n) is 2.10. The van der Waals surface area contributed by atoms with Gasteiger partial charge < -0.3 is 15.0 Å². The van der Waals surface area contributed by atoms with Crippen LogP contribution in [-0.4, -0.2) is 47.0 Å². The fraction of sp³-hybridized carbons (Fsp3) is 0.438. The van der Waals surface area contributed by atoms with Crippen molar-refractivity contribution in [1.82, 2.24) is 10.2 Å². The minimum absolute atomic E-state index is 0.0171. The summed E-state index contributed by atoms with van der Waals surface area (Å²) in [4.78, 5) is 36.8. The number of halogens is 1. The smallest absolute Gasteiger partial charge is 0.308 e. The second-order valence-electron chi connectivity index (χ2n) is 5.33. The topological polar surface area (TPSA) is 75.7 Å². The summed E-state index contributed by atoms with van der Waals surface area (Å²) in [5.41, 5.74) is 0.899. The lowest BCUT2D eigenvalue weighted by Gasteiger charge is -2.16. The lowest BCUT2D eigenvalue weighted by atomic mass is 10.2. The van der Waals surface area contributed by atoms with Crippen molar-refractivity contribution in [3.05, 3.63) is 34.9 Å². The van der Waals surface area contributed by atoms with E-state index in [2.05, 4.69) is 5.32 Å². The summed E-state index contributed by atoms with van der Waals surface area (Å²) in [5, 5.41) is 3.31. The molecule has 1 N–H and O–H groups in total. The Morgan fingerprint density at radius 1 is 1.38 bits per heavy atom. The van der Waals surface area contributed by atoms with Crippen LogP contribution >= 0.6 is 23.4 Å². The number of thioether (sulfide) groups is 1. The average Bonchev–Trinajstić information content (AvgIpc) is 2.97. The molecule has 1 unspecified atom stereocenters. The van der Waals surface area contributed by atoms with Crippen molar-refractivity contribution in [3.63, 3.8) is 0 Å². The molecule has 24 heavy (non-hydrogen) atoms. The summed E-state index contributed by atoms with van der Waals surface area (Å²) in [5.74, 6) is -0.114. The number of amides is 2. The van der Waals surface area contributed by atoms with Crippen molar-refractivity contribution in [2.75, 3.05) is 18.8 Å². The van der Waals surface area contributed by atoms with Crippen molar-refractivity contribution in [2.24, 2.45) is 0 Å². The molecular formula is C16H19ClN2O4S. The Bertz CT molecular complexity index is 609. The van der Waals surface area contributed by atoms with Crippen LogP contribution in [0.2, 0.25) is 5.02 Å². The molecule has 6 nitrogen and oxygen atoms in total. The third-order valence-corrected chi connectivity index (χ3v) is 4.63. The van der Waals surface area contributed by atoms with Crippen molar-refractivity contribution >= 4 is 40.5 Å². The number of nitrogens with zero attached hydrogens (tertiary/aromatic N) is 1. The molecule has 130 valence electrons. The second kappa shape index (κ2) is 8.94. The van der Waals surface area contributed by atoms with Gasteiger partial charge in [0, 0.05) is 30.4 Å². The Morgan fingerprint density at radius 3 is 2.71 bits per heavy atom. The first-order valence-electron chi connectivity index (χ1n) is 7.59. The molecule has 1 aliphatic rings. The van der Waals surface area contributed by atoms with E-state index in [0.29, 0.717) is 24.7 Å². The zero-order valence-electron chi connectivity index (χ0n) is 13.3. The molecule has 1 aromatic rings. The minimum Gasteiger partial charge on any atom is -0.452 e.